The first kappa shape index (κ1) is 21.3. The van der Waals surface area contributed by atoms with Crippen molar-refractivity contribution in [3.63, 3.8) is 0 Å². The van der Waals surface area contributed by atoms with Gasteiger partial charge in [0.2, 0.25) is 0 Å². The molecule has 5 nitrogen and oxygen atoms in total. The summed E-state index contributed by atoms with van der Waals surface area (Å²) in [6.07, 6.45) is 2.16. The van der Waals surface area contributed by atoms with Crippen LogP contribution in [0.4, 0.5) is 4.39 Å². The molecule has 0 radical (unpaired) electrons. The maximum Gasteiger partial charge on any atom is 0.142 e. The second-order valence-electron chi connectivity index (χ2n) is 8.30. The molecule has 166 valence electrons. The third-order valence-electron chi connectivity index (χ3n) is 6.13. The highest BCUT2D eigenvalue weighted by Gasteiger charge is 2.27. The van der Waals surface area contributed by atoms with Gasteiger partial charge in [0.05, 0.1) is 21.7 Å². The summed E-state index contributed by atoms with van der Waals surface area (Å²) < 4.78 is 33.6. The Labute approximate surface area is 193 Å². The van der Waals surface area contributed by atoms with Gasteiger partial charge in [-0.2, -0.15) is 0 Å². The van der Waals surface area contributed by atoms with Crippen LogP contribution >= 0.6 is 11.6 Å². The summed E-state index contributed by atoms with van der Waals surface area (Å²) >= 11 is 5.82. The van der Waals surface area contributed by atoms with E-state index in [4.69, 9.17) is 21.1 Å². The predicted octanol–water partition coefficient (Wildman–Crippen LogP) is 5.58. The zero-order valence-corrected chi connectivity index (χ0v) is 19.5. The van der Waals surface area contributed by atoms with Crippen LogP contribution in [0, 0.1) is 19.7 Å². The summed E-state index contributed by atoms with van der Waals surface area (Å²) in [6, 6.07) is 11.3. The maximum atomic E-state index is 13.9. The Hall–Kier alpha value is -2.51. The first-order chi connectivity index (χ1) is 15.4. The quantitative estimate of drug-likeness (QED) is 0.381. The van der Waals surface area contributed by atoms with E-state index in [-0.39, 0.29) is 11.1 Å². The number of hydrogen-bond acceptors (Lipinski definition) is 4. The van der Waals surface area contributed by atoms with Crippen molar-refractivity contribution in [2.75, 3.05) is 11.5 Å². The number of aromatic nitrogens is 3. The number of rotatable bonds is 5. The lowest BCUT2D eigenvalue weighted by molar-refractivity contribution is 0.393. The van der Waals surface area contributed by atoms with Crippen LogP contribution in [-0.2, 0) is 23.6 Å². The first-order valence-corrected chi connectivity index (χ1v) is 12.5. The van der Waals surface area contributed by atoms with E-state index < -0.39 is 16.6 Å². The Kier molecular flexibility index (Phi) is 5.63. The molecule has 1 aliphatic heterocycles. The maximum absolute atomic E-state index is 13.9. The summed E-state index contributed by atoms with van der Waals surface area (Å²) in [4.78, 5) is 4.96. The van der Waals surface area contributed by atoms with Crippen LogP contribution in [-0.4, -0.2) is 30.4 Å². The van der Waals surface area contributed by atoms with Gasteiger partial charge >= 0.3 is 0 Å². The average Bonchev–Trinajstić information content (AvgIpc) is 3.44. The fourth-order valence-corrected chi connectivity index (χ4v) is 6.15. The van der Waals surface area contributed by atoms with Gasteiger partial charge in [-0.05, 0) is 62.1 Å². The fourth-order valence-electron chi connectivity index (χ4n) is 4.59. The van der Waals surface area contributed by atoms with E-state index in [1.54, 1.807) is 6.07 Å². The number of aryl methyl sites for hydroxylation is 4. The summed E-state index contributed by atoms with van der Waals surface area (Å²) in [5, 5.41) is 4.19. The first-order valence-electron chi connectivity index (χ1n) is 10.6. The van der Waals surface area contributed by atoms with Crippen molar-refractivity contribution in [1.82, 2.24) is 14.7 Å². The van der Waals surface area contributed by atoms with Crippen LogP contribution in [0.1, 0.15) is 35.3 Å². The largest absolute Gasteiger partial charge is 0.361 e. The molecule has 8 heteroatoms. The van der Waals surface area contributed by atoms with Crippen LogP contribution in [0.25, 0.3) is 22.2 Å². The molecule has 1 fully saturated rings. The predicted molar refractivity (Wildman–Crippen MR) is 125 cm³/mol. The van der Waals surface area contributed by atoms with Crippen LogP contribution in [0.3, 0.4) is 0 Å². The van der Waals surface area contributed by atoms with Crippen molar-refractivity contribution in [3.8, 4) is 11.1 Å². The average molecular weight is 472 g/mol. The van der Waals surface area contributed by atoms with E-state index in [0.29, 0.717) is 24.3 Å². The van der Waals surface area contributed by atoms with Crippen LogP contribution in [0.5, 0.6) is 0 Å². The molecule has 0 amide bonds. The van der Waals surface area contributed by atoms with Gasteiger partial charge in [0.1, 0.15) is 17.4 Å². The number of halogens is 2. The van der Waals surface area contributed by atoms with Crippen LogP contribution < -0.4 is 0 Å². The van der Waals surface area contributed by atoms with Gasteiger partial charge in [0.15, 0.2) is 0 Å². The molecule has 2 unspecified atom stereocenters. The molecule has 3 heterocycles. The number of imidazole rings is 1. The molecular weight excluding hydrogens is 449 g/mol. The normalized spacial score (nSPS) is 18.6. The van der Waals surface area contributed by atoms with Crippen LogP contribution in [0.15, 0.2) is 40.9 Å². The summed E-state index contributed by atoms with van der Waals surface area (Å²) in [7, 11) is -0.803. The molecule has 0 saturated carbocycles. The van der Waals surface area contributed by atoms with Gasteiger partial charge in [0, 0.05) is 40.3 Å². The minimum Gasteiger partial charge on any atom is -0.361 e. The smallest absolute Gasteiger partial charge is 0.142 e. The van der Waals surface area contributed by atoms with E-state index in [2.05, 4.69) is 27.9 Å². The molecule has 32 heavy (non-hydrogen) atoms. The van der Waals surface area contributed by atoms with Gasteiger partial charge in [-0.1, -0.05) is 28.9 Å². The van der Waals surface area contributed by atoms with E-state index in [1.165, 1.54) is 6.07 Å². The van der Waals surface area contributed by atoms with Crippen molar-refractivity contribution in [3.05, 3.63) is 70.1 Å². The highest BCUT2D eigenvalue weighted by Crippen LogP contribution is 2.33. The number of benzene rings is 2. The lowest BCUT2D eigenvalue weighted by atomic mass is 10.0. The Morgan fingerprint density at radius 3 is 2.75 bits per heavy atom. The van der Waals surface area contributed by atoms with Crippen molar-refractivity contribution in [1.29, 1.82) is 0 Å². The molecule has 5 rings (SSSR count). The third kappa shape index (κ3) is 3.88. The van der Waals surface area contributed by atoms with Crippen molar-refractivity contribution in [2.45, 2.75) is 39.2 Å². The molecule has 2 atom stereocenters. The molecule has 4 aromatic rings. The summed E-state index contributed by atoms with van der Waals surface area (Å²) in [6.45, 7) is 3.84. The topological polar surface area (TPSA) is 60.9 Å². The summed E-state index contributed by atoms with van der Waals surface area (Å²) in [5.41, 5.74) is 5.63. The van der Waals surface area contributed by atoms with Crippen molar-refractivity contribution < 1.29 is 13.1 Å². The fraction of sp³-hybridized carbons (Fsp3) is 0.333. The van der Waals surface area contributed by atoms with E-state index in [0.717, 1.165) is 51.4 Å². The van der Waals surface area contributed by atoms with Gasteiger partial charge in [-0.25, -0.2) is 9.37 Å². The second kappa shape index (κ2) is 8.45. The van der Waals surface area contributed by atoms with E-state index >= 15 is 0 Å². The van der Waals surface area contributed by atoms with Gasteiger partial charge in [-0.3, -0.25) is 4.21 Å². The van der Waals surface area contributed by atoms with Gasteiger partial charge < -0.3 is 9.09 Å². The van der Waals surface area contributed by atoms with E-state index in [9.17, 15) is 8.60 Å². The molecule has 0 aliphatic carbocycles. The molecule has 0 spiro atoms. The molecule has 2 aromatic carbocycles. The minimum absolute atomic E-state index is 0.126. The SMILES string of the molecule is Cc1noc(C)c1-c1ccc2c(c1)nc(CCc1ccc(Cl)c(F)c1)n2C1CCS(=O)C1. The third-order valence-corrected chi connectivity index (χ3v) is 7.88. The Morgan fingerprint density at radius 2 is 2.06 bits per heavy atom. The Bertz CT molecular complexity index is 1330. The molecule has 1 aliphatic rings. The standard InChI is InChI=1S/C24H23ClFN3O2S/c1-14-24(15(2)31-28-14)17-5-7-22-21(12-17)27-23(29(22)18-9-10-32(30)13-18)8-4-16-3-6-19(25)20(26)11-16/h3,5-7,11-12,18H,4,8-10,13H2,1-2H3. The molecule has 2 aromatic heterocycles. The molecular formula is C24H23ClFN3O2S. The Balaban J connectivity index is 1.55. The molecule has 0 bridgehead atoms. The van der Waals surface area contributed by atoms with Crippen molar-refractivity contribution in [2.24, 2.45) is 0 Å². The number of nitrogens with zero attached hydrogens (tertiary/aromatic N) is 3. The van der Waals surface area contributed by atoms with Crippen LogP contribution in [0.2, 0.25) is 5.02 Å². The minimum atomic E-state index is -0.803. The van der Waals surface area contributed by atoms with Crippen molar-refractivity contribution >= 4 is 33.4 Å². The van der Waals surface area contributed by atoms with Gasteiger partial charge in [-0.15, -0.1) is 0 Å². The lowest BCUT2D eigenvalue weighted by Gasteiger charge is -2.16. The Morgan fingerprint density at radius 1 is 1.22 bits per heavy atom. The highest BCUT2D eigenvalue weighted by molar-refractivity contribution is 7.85. The monoisotopic (exact) mass is 471 g/mol. The lowest BCUT2D eigenvalue weighted by Crippen LogP contribution is -2.13. The highest BCUT2D eigenvalue weighted by atomic mass is 35.5. The molecule has 1 saturated heterocycles. The van der Waals surface area contributed by atoms with E-state index in [1.807, 2.05) is 19.9 Å². The zero-order chi connectivity index (χ0) is 22.4. The number of hydrogen-bond donors (Lipinski definition) is 0. The number of fused-ring (bicyclic) bond motifs is 1. The van der Waals surface area contributed by atoms with Gasteiger partial charge in [0.25, 0.3) is 0 Å². The summed E-state index contributed by atoms with van der Waals surface area (Å²) in [5.74, 6) is 2.64. The second-order valence-corrected chi connectivity index (χ2v) is 10.3. The zero-order valence-electron chi connectivity index (χ0n) is 17.9. The molecule has 0 N–H and O–H groups in total.